The number of rotatable bonds is 10. The molecule has 2 aromatic carbocycles. The third-order valence-corrected chi connectivity index (χ3v) is 5.83. The lowest BCUT2D eigenvalue weighted by molar-refractivity contribution is -0.130. The van der Waals surface area contributed by atoms with E-state index in [-0.39, 0.29) is 36.2 Å². The molecule has 0 fully saturated rings. The number of nitrogens with zero attached hydrogens (tertiary/aromatic N) is 1. The molecule has 0 atom stereocenters. The number of amides is 1. The van der Waals surface area contributed by atoms with Crippen molar-refractivity contribution in [1.82, 2.24) is 9.62 Å². The van der Waals surface area contributed by atoms with Crippen molar-refractivity contribution in [2.45, 2.75) is 18.2 Å². The van der Waals surface area contributed by atoms with Crippen molar-refractivity contribution >= 4 is 33.3 Å². The van der Waals surface area contributed by atoms with Crippen molar-refractivity contribution in [1.29, 1.82) is 0 Å². The lowest BCUT2D eigenvalue weighted by Crippen LogP contribution is -2.34. The summed E-state index contributed by atoms with van der Waals surface area (Å²) in [5.41, 5.74) is 0.431. The minimum atomic E-state index is -3.75. The van der Waals surface area contributed by atoms with Crippen LogP contribution >= 0.6 is 11.6 Å². The summed E-state index contributed by atoms with van der Waals surface area (Å²) < 4.78 is 32.5. The average Bonchev–Trinajstić information content (AvgIpc) is 2.67. The van der Waals surface area contributed by atoms with Crippen molar-refractivity contribution in [3.8, 4) is 5.75 Å². The van der Waals surface area contributed by atoms with Gasteiger partial charge in [-0.1, -0.05) is 29.8 Å². The minimum Gasteiger partial charge on any atom is -0.492 e. The SMILES string of the molecule is CC(=O)c1ccc(S(=O)(=O)NCCC(=O)N(C)CCOc2cccc(Cl)c2)cc1. The molecule has 0 bridgehead atoms. The molecule has 0 aliphatic rings. The largest absolute Gasteiger partial charge is 0.492 e. The Morgan fingerprint density at radius 1 is 1.14 bits per heavy atom. The van der Waals surface area contributed by atoms with Gasteiger partial charge in [-0.15, -0.1) is 0 Å². The van der Waals surface area contributed by atoms with E-state index in [0.29, 0.717) is 22.9 Å². The maximum absolute atomic E-state index is 12.3. The second-order valence-electron chi connectivity index (χ2n) is 6.35. The number of sulfonamides is 1. The van der Waals surface area contributed by atoms with Crippen LogP contribution in [0.5, 0.6) is 5.75 Å². The minimum absolute atomic E-state index is 0.0123. The molecule has 7 nitrogen and oxygen atoms in total. The third-order valence-electron chi connectivity index (χ3n) is 4.12. The number of benzene rings is 2. The van der Waals surface area contributed by atoms with Crippen molar-refractivity contribution in [2.75, 3.05) is 26.7 Å². The number of ketones is 1. The summed E-state index contributed by atoms with van der Waals surface area (Å²) in [6.45, 7) is 2.01. The molecule has 0 aromatic heterocycles. The van der Waals surface area contributed by atoms with Gasteiger partial charge in [-0.25, -0.2) is 13.1 Å². The van der Waals surface area contributed by atoms with Crippen LogP contribution in [0.4, 0.5) is 0 Å². The van der Waals surface area contributed by atoms with E-state index in [1.165, 1.54) is 36.1 Å². The maximum Gasteiger partial charge on any atom is 0.240 e. The molecule has 0 saturated carbocycles. The predicted molar refractivity (Wildman–Crippen MR) is 111 cm³/mol. The third kappa shape index (κ3) is 7.16. The van der Waals surface area contributed by atoms with E-state index < -0.39 is 10.0 Å². The number of ether oxygens (including phenoxy) is 1. The van der Waals surface area contributed by atoms with Crippen LogP contribution in [0.3, 0.4) is 0 Å². The summed E-state index contributed by atoms with van der Waals surface area (Å²) in [6, 6.07) is 12.6. The van der Waals surface area contributed by atoms with E-state index in [4.69, 9.17) is 16.3 Å². The molecular weight excluding hydrogens is 416 g/mol. The molecule has 29 heavy (non-hydrogen) atoms. The van der Waals surface area contributed by atoms with Crippen LogP contribution in [0, 0.1) is 0 Å². The van der Waals surface area contributed by atoms with Crippen LogP contribution in [0.15, 0.2) is 53.4 Å². The summed E-state index contributed by atoms with van der Waals surface area (Å²) in [5.74, 6) is 0.256. The van der Waals surface area contributed by atoms with Gasteiger partial charge in [0.2, 0.25) is 15.9 Å². The monoisotopic (exact) mass is 438 g/mol. The molecule has 0 aliphatic carbocycles. The van der Waals surface area contributed by atoms with Crippen LogP contribution in [0.1, 0.15) is 23.7 Å². The fraction of sp³-hybridized carbons (Fsp3) is 0.300. The standard InChI is InChI=1S/C20H23ClN2O5S/c1-15(24)16-6-8-19(9-7-16)29(26,27)22-11-10-20(25)23(2)12-13-28-18-5-3-4-17(21)14-18/h3-9,14,22H,10-13H2,1-2H3. The molecule has 0 unspecified atom stereocenters. The summed E-state index contributed by atoms with van der Waals surface area (Å²) in [6.07, 6.45) is 0.0123. The van der Waals surface area contributed by atoms with Crippen molar-refractivity contribution < 1.29 is 22.7 Å². The molecule has 2 rings (SSSR count). The topological polar surface area (TPSA) is 92.8 Å². The molecule has 0 radical (unpaired) electrons. The molecule has 156 valence electrons. The Morgan fingerprint density at radius 3 is 2.45 bits per heavy atom. The van der Waals surface area contributed by atoms with Crippen LogP contribution in [0.25, 0.3) is 0 Å². The number of halogens is 1. The van der Waals surface area contributed by atoms with Gasteiger partial charge in [-0.05, 0) is 37.3 Å². The maximum atomic E-state index is 12.3. The van der Waals surface area contributed by atoms with E-state index >= 15 is 0 Å². The summed E-state index contributed by atoms with van der Waals surface area (Å²) in [7, 11) is -2.13. The van der Waals surface area contributed by atoms with Crippen molar-refractivity contribution in [3.63, 3.8) is 0 Å². The number of nitrogens with one attached hydrogen (secondary N) is 1. The fourth-order valence-electron chi connectivity index (χ4n) is 2.42. The molecule has 0 saturated heterocycles. The van der Waals surface area contributed by atoms with Crippen LogP contribution in [-0.4, -0.2) is 51.8 Å². The Morgan fingerprint density at radius 2 is 1.83 bits per heavy atom. The quantitative estimate of drug-likeness (QED) is 0.576. The molecule has 0 spiro atoms. The Balaban J connectivity index is 1.76. The van der Waals surface area contributed by atoms with Gasteiger partial charge in [0.1, 0.15) is 12.4 Å². The van der Waals surface area contributed by atoms with Gasteiger partial charge in [-0.3, -0.25) is 9.59 Å². The molecule has 1 N–H and O–H groups in total. The zero-order chi connectivity index (χ0) is 21.4. The summed E-state index contributed by atoms with van der Waals surface area (Å²) >= 11 is 5.88. The molecule has 0 heterocycles. The van der Waals surface area contributed by atoms with Crippen molar-refractivity contribution in [3.05, 3.63) is 59.1 Å². The molecule has 1 amide bonds. The first-order valence-corrected chi connectivity index (χ1v) is 10.8. The number of hydrogen-bond acceptors (Lipinski definition) is 5. The van der Waals surface area contributed by atoms with E-state index in [1.807, 2.05) is 0 Å². The molecular formula is C20H23ClN2O5S. The van der Waals surface area contributed by atoms with Crippen LogP contribution in [-0.2, 0) is 14.8 Å². The molecule has 2 aromatic rings. The van der Waals surface area contributed by atoms with Gasteiger partial charge in [0.25, 0.3) is 0 Å². The molecule has 9 heteroatoms. The zero-order valence-corrected chi connectivity index (χ0v) is 17.8. The Bertz CT molecular complexity index is 961. The number of likely N-dealkylation sites (N-methyl/N-ethyl adjacent to an activating group) is 1. The lowest BCUT2D eigenvalue weighted by Gasteiger charge is -2.17. The summed E-state index contributed by atoms with van der Waals surface area (Å²) in [5, 5.41) is 0.565. The predicted octanol–water partition coefficient (Wildman–Crippen LogP) is 2.75. The van der Waals surface area contributed by atoms with Crippen LogP contribution < -0.4 is 9.46 Å². The average molecular weight is 439 g/mol. The van der Waals surface area contributed by atoms with Gasteiger partial charge in [-0.2, -0.15) is 0 Å². The lowest BCUT2D eigenvalue weighted by atomic mass is 10.2. The van der Waals surface area contributed by atoms with Gasteiger partial charge < -0.3 is 9.64 Å². The second-order valence-corrected chi connectivity index (χ2v) is 8.55. The number of carbonyl (C=O) groups excluding carboxylic acids is 2. The second kappa shape index (κ2) is 10.4. The van der Waals surface area contributed by atoms with Gasteiger partial charge in [0.15, 0.2) is 5.78 Å². The van der Waals surface area contributed by atoms with Crippen molar-refractivity contribution in [2.24, 2.45) is 0 Å². The van der Waals surface area contributed by atoms with E-state index in [2.05, 4.69) is 4.72 Å². The fourth-order valence-corrected chi connectivity index (χ4v) is 3.63. The number of Topliss-reactive ketones (excluding diaryl/α,β-unsaturated/α-hetero) is 1. The highest BCUT2D eigenvalue weighted by Crippen LogP contribution is 2.17. The van der Waals surface area contributed by atoms with Crippen LogP contribution in [0.2, 0.25) is 5.02 Å². The van der Waals surface area contributed by atoms with E-state index in [0.717, 1.165) is 0 Å². The first-order valence-electron chi connectivity index (χ1n) is 8.92. The highest BCUT2D eigenvalue weighted by Gasteiger charge is 2.16. The molecule has 0 aliphatic heterocycles. The Labute approximate surface area is 175 Å². The number of carbonyl (C=O) groups is 2. The highest BCUT2D eigenvalue weighted by molar-refractivity contribution is 7.89. The number of hydrogen-bond donors (Lipinski definition) is 1. The van der Waals surface area contributed by atoms with Gasteiger partial charge >= 0.3 is 0 Å². The summed E-state index contributed by atoms with van der Waals surface area (Å²) in [4.78, 5) is 24.9. The van der Waals surface area contributed by atoms with E-state index in [9.17, 15) is 18.0 Å². The highest BCUT2D eigenvalue weighted by atomic mass is 35.5. The first kappa shape index (κ1) is 22.9. The van der Waals surface area contributed by atoms with Gasteiger partial charge in [0, 0.05) is 30.6 Å². The zero-order valence-electron chi connectivity index (χ0n) is 16.2. The van der Waals surface area contributed by atoms with E-state index in [1.54, 1.807) is 31.3 Å². The Hall–Kier alpha value is -2.42. The van der Waals surface area contributed by atoms with Gasteiger partial charge in [0.05, 0.1) is 11.4 Å². The first-order chi connectivity index (χ1) is 13.7. The Kier molecular flexibility index (Phi) is 8.19. The normalized spacial score (nSPS) is 11.1. The smallest absolute Gasteiger partial charge is 0.240 e.